The van der Waals surface area contributed by atoms with Gasteiger partial charge in [0, 0.05) is 5.56 Å². The first-order valence-corrected chi connectivity index (χ1v) is 9.92. The number of hydrogen-bond acceptors (Lipinski definition) is 8. The van der Waals surface area contributed by atoms with Crippen molar-refractivity contribution in [3.8, 4) is 17.6 Å². The van der Waals surface area contributed by atoms with Crippen LogP contribution in [0.2, 0.25) is 0 Å². The number of methoxy groups -OCH3 is 2. The number of nitriles is 1. The molecule has 1 aliphatic rings. The van der Waals surface area contributed by atoms with Crippen molar-refractivity contribution >= 4 is 52.5 Å². The predicted octanol–water partition coefficient (Wildman–Crippen LogP) is 3.51. The predicted molar refractivity (Wildman–Crippen MR) is 120 cm³/mol. The first-order chi connectivity index (χ1) is 14.9. The minimum absolute atomic E-state index is 0.0463. The van der Waals surface area contributed by atoms with Gasteiger partial charge < -0.3 is 14.6 Å². The number of ether oxygens (including phenoxy) is 2. The lowest BCUT2D eigenvalue weighted by Gasteiger charge is -2.13. The number of benzene rings is 2. The zero-order valence-electron chi connectivity index (χ0n) is 16.4. The van der Waals surface area contributed by atoms with Gasteiger partial charge in [-0.3, -0.25) is 4.79 Å². The number of thiocarbonyl (C=S) groups is 1. The third-order valence-corrected chi connectivity index (χ3v) is 5.50. The maximum atomic E-state index is 12.7. The molecule has 1 amide bonds. The number of aromatic carboxylic acids is 1. The molecule has 31 heavy (non-hydrogen) atoms. The van der Waals surface area contributed by atoms with Crippen LogP contribution in [-0.2, 0) is 4.79 Å². The number of hydrazone groups is 1. The van der Waals surface area contributed by atoms with E-state index in [-0.39, 0.29) is 26.9 Å². The van der Waals surface area contributed by atoms with Crippen LogP contribution in [0.25, 0.3) is 6.08 Å². The summed E-state index contributed by atoms with van der Waals surface area (Å²) < 4.78 is 10.5. The van der Waals surface area contributed by atoms with E-state index >= 15 is 0 Å². The molecule has 2 aromatic rings. The highest BCUT2D eigenvalue weighted by molar-refractivity contribution is 8.26. The van der Waals surface area contributed by atoms with E-state index in [1.54, 1.807) is 36.4 Å². The zero-order valence-corrected chi connectivity index (χ0v) is 18.0. The molecule has 1 N–H and O–H groups in total. The molecule has 0 radical (unpaired) electrons. The molecule has 0 aliphatic carbocycles. The fourth-order valence-corrected chi connectivity index (χ4v) is 3.93. The Kier molecular flexibility index (Phi) is 6.69. The van der Waals surface area contributed by atoms with E-state index in [1.807, 2.05) is 6.07 Å². The molecule has 0 unspecified atom stereocenters. The summed E-state index contributed by atoms with van der Waals surface area (Å²) >= 11 is 6.32. The van der Waals surface area contributed by atoms with Crippen LogP contribution in [0, 0.1) is 11.3 Å². The first-order valence-electron chi connectivity index (χ1n) is 8.70. The van der Waals surface area contributed by atoms with Gasteiger partial charge in [-0.05, 0) is 48.1 Å². The maximum absolute atomic E-state index is 12.7. The van der Waals surface area contributed by atoms with Gasteiger partial charge in [0.25, 0.3) is 5.91 Å². The third-order valence-electron chi connectivity index (χ3n) is 4.21. The number of carboxylic acid groups (broad SMARTS) is 1. The van der Waals surface area contributed by atoms with Crippen molar-refractivity contribution in [3.63, 3.8) is 0 Å². The highest BCUT2D eigenvalue weighted by Gasteiger charge is 2.32. The van der Waals surface area contributed by atoms with Gasteiger partial charge in [0.1, 0.15) is 5.56 Å². The van der Waals surface area contributed by atoms with E-state index in [9.17, 15) is 14.7 Å². The second-order valence-corrected chi connectivity index (χ2v) is 7.72. The van der Waals surface area contributed by atoms with Crippen LogP contribution in [0.5, 0.6) is 11.5 Å². The summed E-state index contributed by atoms with van der Waals surface area (Å²) in [5.74, 6) is -1.37. The molecule has 0 spiro atoms. The van der Waals surface area contributed by atoms with Gasteiger partial charge >= 0.3 is 5.97 Å². The molecule has 3 rings (SSSR count). The molecule has 1 aliphatic heterocycles. The van der Waals surface area contributed by atoms with E-state index in [0.29, 0.717) is 10.5 Å². The van der Waals surface area contributed by atoms with Gasteiger partial charge in [-0.15, -0.1) is 0 Å². The van der Waals surface area contributed by atoms with Crippen molar-refractivity contribution < 1.29 is 24.2 Å². The average molecular weight is 454 g/mol. The summed E-state index contributed by atoms with van der Waals surface area (Å²) in [6, 6.07) is 11.8. The molecule has 0 saturated carbocycles. The van der Waals surface area contributed by atoms with Crippen LogP contribution in [-0.4, -0.2) is 46.7 Å². The molecule has 156 valence electrons. The van der Waals surface area contributed by atoms with Gasteiger partial charge in [0.2, 0.25) is 0 Å². The number of rotatable bonds is 6. The second-order valence-electron chi connectivity index (χ2n) is 6.04. The topological polar surface area (TPSA) is 112 Å². The molecule has 10 heteroatoms. The van der Waals surface area contributed by atoms with E-state index in [2.05, 4.69) is 5.10 Å². The van der Waals surface area contributed by atoms with Gasteiger partial charge in [0.05, 0.1) is 37.0 Å². The molecule has 1 fully saturated rings. The van der Waals surface area contributed by atoms with Crippen LogP contribution in [0.4, 0.5) is 0 Å². The number of carboxylic acids is 1. The van der Waals surface area contributed by atoms with E-state index in [4.69, 9.17) is 27.0 Å². The summed E-state index contributed by atoms with van der Waals surface area (Å²) in [7, 11) is 2.73. The first kappa shape index (κ1) is 22.0. The molecule has 0 bridgehead atoms. The summed E-state index contributed by atoms with van der Waals surface area (Å²) in [5.41, 5.74) is 1.31. The third kappa shape index (κ3) is 4.58. The molecule has 8 nitrogen and oxygen atoms in total. The Labute approximate surface area is 187 Å². The highest BCUT2D eigenvalue weighted by atomic mass is 32.2. The Balaban J connectivity index is 1.90. The van der Waals surface area contributed by atoms with Crippen molar-refractivity contribution in [3.05, 3.63) is 63.6 Å². The van der Waals surface area contributed by atoms with Gasteiger partial charge in [0.15, 0.2) is 15.8 Å². The molecule has 1 heterocycles. The summed E-state index contributed by atoms with van der Waals surface area (Å²) in [4.78, 5) is 24.8. The Morgan fingerprint density at radius 1 is 1.23 bits per heavy atom. The van der Waals surface area contributed by atoms with Gasteiger partial charge in [-0.25, -0.2) is 4.79 Å². The minimum atomic E-state index is -1.23. The Morgan fingerprint density at radius 3 is 2.52 bits per heavy atom. The Morgan fingerprint density at radius 2 is 1.94 bits per heavy atom. The fourth-order valence-electron chi connectivity index (χ4n) is 2.75. The van der Waals surface area contributed by atoms with Crippen molar-refractivity contribution in [1.82, 2.24) is 5.01 Å². The Hall–Kier alpha value is -3.68. The highest BCUT2D eigenvalue weighted by Crippen LogP contribution is 2.34. The SMILES string of the molecule is COc1ccc(/C=N/N2C(=O)/C(=C\c3ccc(C#N)cc3)SC2=S)c(C(=O)O)c1OC. The van der Waals surface area contributed by atoms with E-state index in [0.717, 1.165) is 22.3 Å². The average Bonchev–Trinajstić information content (AvgIpc) is 3.04. The molecular formula is C21H15N3O5S2. The largest absolute Gasteiger partial charge is 0.493 e. The summed E-state index contributed by atoms with van der Waals surface area (Å²) in [5, 5.41) is 23.6. The van der Waals surface area contributed by atoms with Gasteiger partial charge in [-0.2, -0.15) is 15.4 Å². The van der Waals surface area contributed by atoms with Crippen molar-refractivity contribution in [2.75, 3.05) is 14.2 Å². The van der Waals surface area contributed by atoms with E-state index in [1.165, 1.54) is 26.5 Å². The molecule has 2 aromatic carbocycles. The maximum Gasteiger partial charge on any atom is 0.340 e. The molecule has 0 atom stereocenters. The van der Waals surface area contributed by atoms with E-state index < -0.39 is 11.9 Å². The normalized spacial score (nSPS) is 14.9. The molecular weight excluding hydrogens is 438 g/mol. The van der Waals surface area contributed by atoms with Crippen LogP contribution >= 0.6 is 24.0 Å². The summed E-state index contributed by atoms with van der Waals surface area (Å²) in [6.07, 6.45) is 2.88. The zero-order chi connectivity index (χ0) is 22.5. The Bertz CT molecular complexity index is 1170. The van der Waals surface area contributed by atoms with Crippen molar-refractivity contribution in [2.24, 2.45) is 5.10 Å². The standard InChI is InChI=1S/C21H15N3O5S2/c1-28-15-8-7-14(17(20(26)27)18(15)29-2)11-23-24-19(25)16(31-21(24)30)9-12-3-5-13(10-22)6-4-12/h3-9,11H,1-2H3,(H,26,27)/b16-9+,23-11+. The summed E-state index contributed by atoms with van der Waals surface area (Å²) in [6.45, 7) is 0. The fraction of sp³-hybridized carbons (Fsp3) is 0.0952. The van der Waals surface area contributed by atoms with Crippen LogP contribution in [0.15, 0.2) is 46.4 Å². The molecule has 0 aromatic heterocycles. The molecule has 1 saturated heterocycles. The van der Waals surface area contributed by atoms with Crippen LogP contribution < -0.4 is 9.47 Å². The second kappa shape index (κ2) is 9.42. The number of nitrogens with zero attached hydrogens (tertiary/aromatic N) is 3. The van der Waals surface area contributed by atoms with Crippen molar-refractivity contribution in [1.29, 1.82) is 5.26 Å². The number of carbonyl (C=O) groups excluding carboxylic acids is 1. The lowest BCUT2D eigenvalue weighted by molar-refractivity contribution is -0.122. The van der Waals surface area contributed by atoms with Crippen molar-refractivity contribution in [2.45, 2.75) is 0 Å². The smallest absolute Gasteiger partial charge is 0.340 e. The lowest BCUT2D eigenvalue weighted by Crippen LogP contribution is -2.22. The van der Waals surface area contributed by atoms with Gasteiger partial charge in [-0.1, -0.05) is 23.9 Å². The minimum Gasteiger partial charge on any atom is -0.493 e. The number of amides is 1. The lowest BCUT2D eigenvalue weighted by atomic mass is 10.1. The van der Waals surface area contributed by atoms with Crippen LogP contribution in [0.1, 0.15) is 27.0 Å². The monoisotopic (exact) mass is 453 g/mol. The number of carbonyl (C=O) groups is 2. The quantitative estimate of drug-likeness (QED) is 0.402. The van der Waals surface area contributed by atoms with Crippen LogP contribution in [0.3, 0.4) is 0 Å². The number of hydrogen-bond donors (Lipinski definition) is 1. The number of thioether (sulfide) groups is 1.